The van der Waals surface area contributed by atoms with E-state index in [1.165, 1.54) is 0 Å². The van der Waals surface area contributed by atoms with Crippen LogP contribution in [0.4, 0.5) is 0 Å². The second-order valence-electron chi connectivity index (χ2n) is 17.3. The van der Waals surface area contributed by atoms with Crippen molar-refractivity contribution in [2.75, 3.05) is 0 Å². The van der Waals surface area contributed by atoms with Crippen LogP contribution in [0.15, 0.2) is 58.7 Å². The van der Waals surface area contributed by atoms with Crippen molar-refractivity contribution < 1.29 is 29.7 Å². The van der Waals surface area contributed by atoms with E-state index in [-0.39, 0.29) is 24.5 Å². The molecule has 3 aromatic carbocycles. The van der Waals surface area contributed by atoms with Crippen LogP contribution in [0.1, 0.15) is 137 Å². The summed E-state index contributed by atoms with van der Waals surface area (Å²) in [5, 5.41) is 33.1. The predicted octanol–water partition coefficient (Wildman–Crippen LogP) is 15.6. The lowest BCUT2D eigenvalue weighted by Crippen LogP contribution is -2.16. The van der Waals surface area contributed by atoms with Gasteiger partial charge < -0.3 is 15.3 Å². The predicted molar refractivity (Wildman–Crippen MR) is 256 cm³/mol. The van der Waals surface area contributed by atoms with Crippen molar-refractivity contribution in [2.24, 2.45) is 0 Å². The average molecular weight is 1000 g/mol. The van der Waals surface area contributed by atoms with E-state index in [1.54, 1.807) is 141 Å². The van der Waals surface area contributed by atoms with Crippen LogP contribution in [-0.4, -0.2) is 57.7 Å². The molecule has 6 aliphatic rings. The van der Waals surface area contributed by atoms with Gasteiger partial charge in [0.05, 0.1) is 41.2 Å². The number of carbonyl (C=O) groups is 3. The van der Waals surface area contributed by atoms with Crippen LogP contribution in [-0.2, 0) is 0 Å². The van der Waals surface area contributed by atoms with Gasteiger partial charge in [-0.1, -0.05) is 0 Å². The summed E-state index contributed by atoms with van der Waals surface area (Å²) in [6, 6.07) is 0. The Morgan fingerprint density at radius 2 is 0.448 bits per heavy atom. The molecule has 9 rings (SSSR count). The summed E-state index contributed by atoms with van der Waals surface area (Å²) in [6.07, 6.45) is 0. The van der Waals surface area contributed by atoms with Crippen molar-refractivity contribution in [3.8, 4) is 0 Å². The fraction of sp³-hybridized carbons (Fsp3) is 0.475. The quantitative estimate of drug-likeness (QED) is 0.203. The SMILES string of the molecule is CC1(C)Sc2c(c(C(c3c4c(c(C(=O)O)c5c3SC(C)(C)S5)SC(C)(C)S4)c3c4c(c(C(=O)O)c5c3SC(C)(C)S5)SC(C)(C)S4)c3c(c2C(=O)O)SC(C)(C)S3)S1. The summed E-state index contributed by atoms with van der Waals surface area (Å²) < 4.78 is -2.18. The van der Waals surface area contributed by atoms with Crippen molar-refractivity contribution >= 4 is 159 Å². The van der Waals surface area contributed by atoms with Gasteiger partial charge in [-0.15, -0.1) is 141 Å². The first-order valence-electron chi connectivity index (χ1n) is 18.3. The third-order valence-corrected chi connectivity index (χ3v) is 26.9. The minimum absolute atomic E-state index is 0.362. The number of hydrogen-bond donors (Lipinski definition) is 3. The van der Waals surface area contributed by atoms with Gasteiger partial charge in [0.15, 0.2) is 0 Å². The molecule has 18 heteroatoms. The maximum Gasteiger partial charge on any atom is 0.338 e. The molecule has 58 heavy (non-hydrogen) atoms. The van der Waals surface area contributed by atoms with Crippen molar-refractivity contribution in [3.63, 3.8) is 0 Å². The van der Waals surface area contributed by atoms with Gasteiger partial charge in [0, 0.05) is 64.7 Å². The number of aromatic carboxylic acids is 3. The normalized spacial score (nSPS) is 22.7. The molecule has 0 unspecified atom stereocenters. The van der Waals surface area contributed by atoms with Crippen LogP contribution < -0.4 is 0 Å². The third-order valence-electron chi connectivity index (χ3n) is 9.75. The van der Waals surface area contributed by atoms with Gasteiger partial charge in [-0.2, -0.15) is 0 Å². The molecular formula is C40H40O6S12. The maximum atomic E-state index is 13.5. The molecule has 3 aromatic rings. The van der Waals surface area contributed by atoms with Crippen LogP contribution in [0.25, 0.3) is 0 Å². The zero-order chi connectivity index (χ0) is 42.2. The zero-order valence-corrected chi connectivity index (χ0v) is 43.3. The van der Waals surface area contributed by atoms with E-state index in [2.05, 4.69) is 83.1 Å². The highest BCUT2D eigenvalue weighted by molar-refractivity contribution is 8.23. The van der Waals surface area contributed by atoms with E-state index < -0.39 is 23.8 Å². The van der Waals surface area contributed by atoms with Gasteiger partial charge in [0.1, 0.15) is 0 Å². The van der Waals surface area contributed by atoms with Gasteiger partial charge >= 0.3 is 17.9 Å². The monoisotopic (exact) mass is 1000 g/mol. The highest BCUT2D eigenvalue weighted by Crippen LogP contribution is 2.74. The molecule has 0 amide bonds. The highest BCUT2D eigenvalue weighted by atomic mass is 32.2. The molecule has 0 radical (unpaired) electrons. The molecule has 6 heterocycles. The Labute approximate surface area is 390 Å². The number of benzene rings is 3. The van der Waals surface area contributed by atoms with Gasteiger partial charge in [-0.05, 0) is 99.8 Å². The fourth-order valence-corrected chi connectivity index (χ4v) is 26.0. The molecular weight excluding hydrogens is 961 g/mol. The molecule has 3 N–H and O–H groups in total. The summed E-state index contributed by atoms with van der Waals surface area (Å²) in [5.74, 6) is -3.27. The van der Waals surface area contributed by atoms with Gasteiger partial charge in [0.25, 0.3) is 0 Å². The molecule has 6 aliphatic heterocycles. The molecule has 0 fully saturated rings. The molecule has 0 bridgehead atoms. The van der Waals surface area contributed by atoms with E-state index in [0.29, 0.717) is 16.7 Å². The number of rotatable bonds is 6. The third kappa shape index (κ3) is 7.04. The standard InChI is InChI=1S/C40H40O6S12/c1-35(2)47-20-14(21-27(54-36(3,4)48-21)17(32(41)42)26(20)53-35)13(15-22-28(55-37(5,6)49-22)18(33(43)44)29-23(15)50-38(7,8)56-29)16-24-30(57-39(9,10)51-24)19(34(45)46)31-25(16)52-40(11,12)58-31/h13H,1-12H3,(H,41,42)(H,43,44)(H,45,46). The second-order valence-corrected chi connectivity index (χ2v) is 38.4. The Morgan fingerprint density at radius 1 is 0.310 bits per heavy atom. The van der Waals surface area contributed by atoms with E-state index in [0.717, 1.165) is 75.4 Å². The maximum absolute atomic E-state index is 13.5. The Kier molecular flexibility index (Phi) is 10.4. The number of thioether (sulfide) groups is 12. The van der Waals surface area contributed by atoms with Crippen molar-refractivity contribution in [1.82, 2.24) is 0 Å². The lowest BCUT2D eigenvalue weighted by Gasteiger charge is -2.31. The summed E-state index contributed by atoms with van der Waals surface area (Å²) >= 11 is 20.0. The Bertz CT molecular complexity index is 2080. The smallest absolute Gasteiger partial charge is 0.338 e. The molecule has 0 aromatic heterocycles. The number of carboxylic acid groups (broad SMARTS) is 3. The molecule has 0 atom stereocenters. The first-order chi connectivity index (χ1) is 26.6. The summed E-state index contributed by atoms with van der Waals surface area (Å²) in [5.41, 5.74) is 4.29. The number of fused-ring (bicyclic) bond motifs is 6. The molecule has 6 nitrogen and oxygen atoms in total. The van der Waals surface area contributed by atoms with Crippen molar-refractivity contribution in [2.45, 2.75) is 172 Å². The molecule has 308 valence electrons. The van der Waals surface area contributed by atoms with E-state index >= 15 is 0 Å². The van der Waals surface area contributed by atoms with E-state index in [1.807, 2.05) is 0 Å². The molecule has 0 saturated carbocycles. The van der Waals surface area contributed by atoms with Crippen LogP contribution in [0.3, 0.4) is 0 Å². The zero-order valence-electron chi connectivity index (χ0n) is 33.5. The minimum Gasteiger partial charge on any atom is -0.478 e. The number of carboxylic acids is 3. The van der Waals surface area contributed by atoms with Crippen LogP contribution >= 0.6 is 141 Å². The minimum atomic E-state index is -0.933. The molecule has 0 saturated heterocycles. The summed E-state index contributed by atoms with van der Waals surface area (Å²) in [4.78, 5) is 50.9. The molecule has 0 aliphatic carbocycles. The summed E-state index contributed by atoms with van der Waals surface area (Å²) in [7, 11) is 0. The van der Waals surface area contributed by atoms with E-state index in [4.69, 9.17) is 0 Å². The number of hydrogen-bond acceptors (Lipinski definition) is 15. The van der Waals surface area contributed by atoms with Crippen molar-refractivity contribution in [3.05, 3.63) is 33.4 Å². The lowest BCUT2D eigenvalue weighted by atomic mass is 9.83. The average Bonchev–Trinajstić information content (AvgIpc) is 3.84. The van der Waals surface area contributed by atoms with Crippen LogP contribution in [0.2, 0.25) is 0 Å². The lowest BCUT2D eigenvalue weighted by molar-refractivity contribution is 0.0677. The largest absolute Gasteiger partial charge is 0.478 e. The van der Waals surface area contributed by atoms with Gasteiger partial charge in [-0.3, -0.25) is 0 Å². The Balaban J connectivity index is 1.53. The second kappa shape index (κ2) is 13.9. The van der Waals surface area contributed by atoms with E-state index in [9.17, 15) is 29.7 Å². The molecule has 0 spiro atoms. The Morgan fingerprint density at radius 3 is 0.586 bits per heavy atom. The summed E-state index contributed by atoms with van der Waals surface area (Å²) in [6.45, 7) is 25.9. The fourth-order valence-electron chi connectivity index (χ4n) is 8.10. The Hall–Kier alpha value is 0.270. The van der Waals surface area contributed by atoms with Crippen LogP contribution in [0.5, 0.6) is 0 Å². The van der Waals surface area contributed by atoms with Gasteiger partial charge in [-0.25, -0.2) is 14.4 Å². The van der Waals surface area contributed by atoms with Crippen molar-refractivity contribution in [1.29, 1.82) is 0 Å². The topological polar surface area (TPSA) is 112 Å². The first kappa shape index (κ1) is 43.5. The first-order valence-corrected chi connectivity index (χ1v) is 28.1. The highest BCUT2D eigenvalue weighted by Gasteiger charge is 2.53. The van der Waals surface area contributed by atoms with Gasteiger partial charge in [0.2, 0.25) is 0 Å². The van der Waals surface area contributed by atoms with Crippen LogP contribution in [0, 0.1) is 0 Å².